The van der Waals surface area contributed by atoms with Crippen molar-refractivity contribution >= 4 is 11.7 Å². The van der Waals surface area contributed by atoms with Gasteiger partial charge in [0.1, 0.15) is 0 Å². The average Bonchev–Trinajstić information content (AvgIpc) is 2.48. The monoisotopic (exact) mass is 277 g/mol. The van der Waals surface area contributed by atoms with Gasteiger partial charge in [-0.2, -0.15) is 0 Å². The second kappa shape index (κ2) is 7.19. The Labute approximate surface area is 120 Å². The van der Waals surface area contributed by atoms with E-state index in [4.69, 9.17) is 0 Å². The lowest BCUT2D eigenvalue weighted by atomic mass is 10.1. The fourth-order valence-corrected chi connectivity index (χ4v) is 2.51. The van der Waals surface area contributed by atoms with Gasteiger partial charge in [0.25, 0.3) is 5.91 Å². The third-order valence-corrected chi connectivity index (χ3v) is 3.46. The summed E-state index contributed by atoms with van der Waals surface area (Å²) in [4.78, 5) is 13.9. The number of carbonyl (C=O) groups excluding carboxylic acids is 1. The molecule has 1 atom stereocenters. The van der Waals surface area contributed by atoms with Crippen molar-refractivity contribution in [3.05, 3.63) is 17.8 Å². The van der Waals surface area contributed by atoms with E-state index in [0.717, 1.165) is 31.9 Å². The highest BCUT2D eigenvalue weighted by Crippen LogP contribution is 2.17. The summed E-state index contributed by atoms with van der Waals surface area (Å²) in [5, 5.41) is 14.4. The van der Waals surface area contributed by atoms with E-state index in [1.807, 2.05) is 13.0 Å². The molecule has 1 aromatic heterocycles. The van der Waals surface area contributed by atoms with Crippen molar-refractivity contribution in [2.24, 2.45) is 0 Å². The van der Waals surface area contributed by atoms with Crippen molar-refractivity contribution in [2.45, 2.75) is 32.7 Å². The molecule has 1 unspecified atom stereocenters. The summed E-state index contributed by atoms with van der Waals surface area (Å²) in [6.07, 6.45) is 2.35. The molecule has 20 heavy (non-hydrogen) atoms. The zero-order valence-corrected chi connectivity index (χ0v) is 12.2. The highest BCUT2D eigenvalue weighted by molar-refractivity contribution is 5.92. The number of carbonyl (C=O) groups is 1. The number of hydrogen-bond donors (Lipinski definition) is 2. The van der Waals surface area contributed by atoms with Crippen molar-refractivity contribution in [3.63, 3.8) is 0 Å². The SMILES string of the molecule is CCNC(=O)c1ccc(N2CCCC(NCC)C2)nn1. The van der Waals surface area contributed by atoms with Gasteiger partial charge in [-0.05, 0) is 38.4 Å². The van der Waals surface area contributed by atoms with Crippen molar-refractivity contribution in [1.29, 1.82) is 0 Å². The molecule has 1 amide bonds. The van der Waals surface area contributed by atoms with E-state index in [2.05, 4.69) is 32.7 Å². The van der Waals surface area contributed by atoms with Crippen LogP contribution in [0.15, 0.2) is 12.1 Å². The van der Waals surface area contributed by atoms with Crippen LogP contribution < -0.4 is 15.5 Å². The molecule has 0 aliphatic carbocycles. The van der Waals surface area contributed by atoms with Crippen LogP contribution in [0, 0.1) is 0 Å². The number of rotatable bonds is 5. The summed E-state index contributed by atoms with van der Waals surface area (Å²) >= 11 is 0. The minimum absolute atomic E-state index is 0.171. The quantitative estimate of drug-likeness (QED) is 0.833. The van der Waals surface area contributed by atoms with E-state index in [0.29, 0.717) is 18.3 Å². The maximum atomic E-state index is 11.6. The van der Waals surface area contributed by atoms with Crippen LogP contribution in [0.2, 0.25) is 0 Å². The number of amides is 1. The molecule has 2 rings (SSSR count). The Morgan fingerprint density at radius 2 is 2.20 bits per heavy atom. The van der Waals surface area contributed by atoms with Crippen LogP contribution >= 0.6 is 0 Å². The van der Waals surface area contributed by atoms with Crippen molar-refractivity contribution in [1.82, 2.24) is 20.8 Å². The van der Waals surface area contributed by atoms with Crippen molar-refractivity contribution in [2.75, 3.05) is 31.1 Å². The summed E-state index contributed by atoms with van der Waals surface area (Å²) in [5.74, 6) is 0.677. The molecule has 1 fully saturated rings. The molecular weight excluding hydrogens is 254 g/mol. The number of anilines is 1. The number of nitrogens with zero attached hydrogens (tertiary/aromatic N) is 3. The lowest BCUT2D eigenvalue weighted by molar-refractivity contribution is 0.0950. The molecule has 0 bridgehead atoms. The van der Waals surface area contributed by atoms with Crippen LogP contribution in [0.4, 0.5) is 5.82 Å². The molecule has 0 saturated carbocycles. The minimum atomic E-state index is -0.171. The largest absolute Gasteiger partial charge is 0.354 e. The predicted molar refractivity (Wildman–Crippen MR) is 79.0 cm³/mol. The molecule has 6 nitrogen and oxygen atoms in total. The summed E-state index contributed by atoms with van der Waals surface area (Å²) in [7, 11) is 0. The lowest BCUT2D eigenvalue weighted by Crippen LogP contribution is -2.46. The minimum Gasteiger partial charge on any atom is -0.354 e. The first kappa shape index (κ1) is 14.7. The molecule has 1 aliphatic heterocycles. The number of likely N-dealkylation sites (N-methyl/N-ethyl adjacent to an activating group) is 1. The lowest BCUT2D eigenvalue weighted by Gasteiger charge is -2.33. The summed E-state index contributed by atoms with van der Waals surface area (Å²) in [5.41, 5.74) is 0.371. The Hall–Kier alpha value is -1.69. The molecule has 2 N–H and O–H groups in total. The maximum absolute atomic E-state index is 11.6. The number of piperidine rings is 1. The van der Waals surface area contributed by atoms with Gasteiger partial charge in [-0.25, -0.2) is 0 Å². The molecular formula is C14H23N5O. The van der Waals surface area contributed by atoms with E-state index in [-0.39, 0.29) is 5.91 Å². The normalized spacial score (nSPS) is 18.9. The maximum Gasteiger partial charge on any atom is 0.271 e. The van der Waals surface area contributed by atoms with Gasteiger partial charge >= 0.3 is 0 Å². The fourth-order valence-electron chi connectivity index (χ4n) is 2.51. The van der Waals surface area contributed by atoms with Crippen LogP contribution in [0.25, 0.3) is 0 Å². The molecule has 0 aromatic carbocycles. The van der Waals surface area contributed by atoms with E-state index >= 15 is 0 Å². The van der Waals surface area contributed by atoms with Crippen LogP contribution in [-0.2, 0) is 0 Å². The Bertz CT molecular complexity index is 432. The number of aromatic nitrogens is 2. The molecule has 110 valence electrons. The van der Waals surface area contributed by atoms with Gasteiger partial charge in [-0.1, -0.05) is 6.92 Å². The van der Waals surface area contributed by atoms with Crippen LogP contribution in [0.5, 0.6) is 0 Å². The van der Waals surface area contributed by atoms with E-state index in [1.54, 1.807) is 6.07 Å². The molecule has 1 aromatic rings. The van der Waals surface area contributed by atoms with Crippen LogP contribution in [0.3, 0.4) is 0 Å². The fraction of sp³-hybridized carbons (Fsp3) is 0.643. The topological polar surface area (TPSA) is 70.2 Å². The highest BCUT2D eigenvalue weighted by atomic mass is 16.1. The summed E-state index contributed by atoms with van der Waals surface area (Å²) in [6, 6.07) is 4.13. The first-order chi connectivity index (χ1) is 9.74. The van der Waals surface area contributed by atoms with Gasteiger partial charge in [0.05, 0.1) is 0 Å². The van der Waals surface area contributed by atoms with Crippen molar-refractivity contribution in [3.8, 4) is 0 Å². The summed E-state index contributed by atoms with van der Waals surface area (Å²) in [6.45, 7) is 7.54. The Morgan fingerprint density at radius 3 is 2.85 bits per heavy atom. The van der Waals surface area contributed by atoms with Gasteiger partial charge in [-0.15, -0.1) is 10.2 Å². The second-order valence-corrected chi connectivity index (χ2v) is 4.98. The first-order valence-electron chi connectivity index (χ1n) is 7.34. The van der Waals surface area contributed by atoms with Gasteiger partial charge in [0, 0.05) is 25.7 Å². The number of nitrogens with one attached hydrogen (secondary N) is 2. The molecule has 0 spiro atoms. The van der Waals surface area contributed by atoms with Gasteiger partial charge < -0.3 is 15.5 Å². The summed E-state index contributed by atoms with van der Waals surface area (Å²) < 4.78 is 0. The van der Waals surface area contributed by atoms with E-state index in [9.17, 15) is 4.79 Å². The number of hydrogen-bond acceptors (Lipinski definition) is 5. The van der Waals surface area contributed by atoms with E-state index in [1.165, 1.54) is 6.42 Å². The molecule has 1 aliphatic rings. The molecule has 2 heterocycles. The average molecular weight is 277 g/mol. The molecule has 1 saturated heterocycles. The molecule has 6 heteroatoms. The van der Waals surface area contributed by atoms with Crippen molar-refractivity contribution < 1.29 is 4.79 Å². The predicted octanol–water partition coefficient (Wildman–Crippen LogP) is 0.805. The van der Waals surface area contributed by atoms with Crippen LogP contribution in [0.1, 0.15) is 37.2 Å². The van der Waals surface area contributed by atoms with E-state index < -0.39 is 0 Å². The second-order valence-electron chi connectivity index (χ2n) is 4.98. The van der Waals surface area contributed by atoms with Crippen LogP contribution in [-0.4, -0.2) is 48.3 Å². The van der Waals surface area contributed by atoms with Gasteiger partial charge in [0.15, 0.2) is 11.5 Å². The first-order valence-corrected chi connectivity index (χ1v) is 7.34. The highest BCUT2D eigenvalue weighted by Gasteiger charge is 2.20. The van der Waals surface area contributed by atoms with Gasteiger partial charge in [0.2, 0.25) is 0 Å². The standard InChI is InChI=1S/C14H23N5O/c1-3-15-11-6-5-9-19(10-11)13-8-7-12(17-18-13)14(20)16-4-2/h7-8,11,15H,3-6,9-10H2,1-2H3,(H,16,20). The Balaban J connectivity index is 2.00. The third kappa shape index (κ3) is 3.66. The Kier molecular flexibility index (Phi) is 5.29. The smallest absolute Gasteiger partial charge is 0.271 e. The molecule has 0 radical (unpaired) electrons. The third-order valence-electron chi connectivity index (χ3n) is 3.46. The zero-order chi connectivity index (χ0) is 14.4. The zero-order valence-electron chi connectivity index (χ0n) is 12.2. The van der Waals surface area contributed by atoms with Gasteiger partial charge in [-0.3, -0.25) is 4.79 Å². The Morgan fingerprint density at radius 1 is 1.35 bits per heavy atom.